The van der Waals surface area contributed by atoms with Crippen LogP contribution in [-0.4, -0.2) is 74.1 Å². The van der Waals surface area contributed by atoms with Crippen molar-refractivity contribution < 1.29 is 27.5 Å². The van der Waals surface area contributed by atoms with Crippen LogP contribution in [0, 0.1) is 0 Å². The molecule has 9 nitrogen and oxygen atoms in total. The highest BCUT2D eigenvalue weighted by molar-refractivity contribution is 7.90. The van der Waals surface area contributed by atoms with Crippen LogP contribution in [0.4, 0.5) is 4.79 Å². The molecule has 1 aliphatic carbocycles. The molecule has 2 fully saturated rings. The van der Waals surface area contributed by atoms with Gasteiger partial charge < -0.3 is 14.4 Å². The van der Waals surface area contributed by atoms with Crippen molar-refractivity contribution >= 4 is 22.0 Å². The van der Waals surface area contributed by atoms with Gasteiger partial charge in [-0.05, 0) is 75.4 Å². The molecule has 2 aliphatic rings. The summed E-state index contributed by atoms with van der Waals surface area (Å²) in [5, 5.41) is 0. The van der Waals surface area contributed by atoms with Gasteiger partial charge in [-0.1, -0.05) is 60.7 Å². The average Bonchev–Trinajstić information content (AvgIpc) is 3.79. The number of sulfonamides is 1. The molecule has 2 atom stereocenters. The molecule has 1 N–H and O–H groups in total. The molecular weight excluding hydrogens is 590 g/mol. The predicted molar refractivity (Wildman–Crippen MR) is 173 cm³/mol. The van der Waals surface area contributed by atoms with Gasteiger partial charge in [-0.15, -0.1) is 0 Å². The quantitative estimate of drug-likeness (QED) is 0.303. The number of hydrogen-bond acceptors (Lipinski definition) is 7. The largest absolute Gasteiger partial charge is 0.492 e. The maximum Gasteiger partial charge on any atom is 0.410 e. The van der Waals surface area contributed by atoms with Gasteiger partial charge in [-0.25, -0.2) is 17.9 Å². The van der Waals surface area contributed by atoms with Crippen LogP contribution in [0.5, 0.6) is 5.75 Å². The minimum atomic E-state index is -3.90. The molecule has 3 aromatic carbocycles. The Morgan fingerprint density at radius 1 is 0.911 bits per heavy atom. The monoisotopic (exact) mass is 633 g/mol. The molecule has 1 saturated heterocycles. The lowest BCUT2D eigenvalue weighted by molar-refractivity contribution is -0.118. The Morgan fingerprint density at radius 2 is 1.53 bits per heavy atom. The highest BCUT2D eigenvalue weighted by atomic mass is 32.2. The van der Waals surface area contributed by atoms with Crippen molar-refractivity contribution in [2.24, 2.45) is 0 Å². The van der Waals surface area contributed by atoms with Crippen molar-refractivity contribution in [2.75, 3.05) is 26.2 Å². The van der Waals surface area contributed by atoms with Crippen LogP contribution in [-0.2, 0) is 26.0 Å². The van der Waals surface area contributed by atoms with Gasteiger partial charge in [0.15, 0.2) is 0 Å². The van der Waals surface area contributed by atoms with Crippen LogP contribution in [0.2, 0.25) is 0 Å². The summed E-state index contributed by atoms with van der Waals surface area (Å²) >= 11 is 0. The van der Waals surface area contributed by atoms with Crippen LogP contribution in [0.3, 0.4) is 0 Å². The highest BCUT2D eigenvalue weighted by Gasteiger charge is 2.48. The lowest BCUT2D eigenvalue weighted by Crippen LogP contribution is -2.50. The predicted octanol–water partition coefficient (Wildman–Crippen LogP) is 5.37. The van der Waals surface area contributed by atoms with Crippen molar-refractivity contribution in [3.8, 4) is 5.75 Å². The van der Waals surface area contributed by atoms with Gasteiger partial charge >= 0.3 is 6.09 Å². The fourth-order valence-corrected chi connectivity index (χ4v) is 6.87. The second-order valence-electron chi connectivity index (χ2n) is 12.8. The highest BCUT2D eigenvalue weighted by Crippen LogP contribution is 2.46. The van der Waals surface area contributed by atoms with E-state index >= 15 is 0 Å². The standard InChI is InChI=1S/C35H43N3O6S/c1-35(2,3)44-34(40)38(32-25-31(32)27-10-6-4-7-11-27)28-18-20-37(21-19-28)22-23-43-29-16-14-26(15-17-29)24-33(39)36-45(41,42)30-12-8-5-9-13-30/h4-17,28,31-32H,18-25H2,1-3H3,(H,36,39)/t31-,32+/m0/s1. The average molecular weight is 634 g/mol. The van der Waals surface area contributed by atoms with E-state index in [-0.39, 0.29) is 29.5 Å². The van der Waals surface area contributed by atoms with Gasteiger partial charge in [0.1, 0.15) is 18.0 Å². The molecule has 0 bridgehead atoms. The fourth-order valence-electron chi connectivity index (χ4n) is 5.86. The first-order chi connectivity index (χ1) is 21.5. The molecule has 45 heavy (non-hydrogen) atoms. The number of rotatable bonds is 11. The van der Waals surface area contributed by atoms with E-state index in [1.165, 1.54) is 17.7 Å². The van der Waals surface area contributed by atoms with Crippen LogP contribution in [0.1, 0.15) is 57.1 Å². The number of piperidine rings is 1. The maximum atomic E-state index is 13.4. The van der Waals surface area contributed by atoms with Crippen molar-refractivity contribution in [2.45, 2.75) is 75.0 Å². The Balaban J connectivity index is 1.07. The van der Waals surface area contributed by atoms with E-state index in [0.717, 1.165) is 38.9 Å². The third-order valence-electron chi connectivity index (χ3n) is 8.16. The number of ether oxygens (including phenoxy) is 2. The smallest absolute Gasteiger partial charge is 0.410 e. The molecule has 1 heterocycles. The summed E-state index contributed by atoms with van der Waals surface area (Å²) in [7, 11) is -3.90. The van der Waals surface area contributed by atoms with Crippen molar-refractivity contribution in [1.82, 2.24) is 14.5 Å². The van der Waals surface area contributed by atoms with Crippen LogP contribution < -0.4 is 9.46 Å². The summed E-state index contributed by atoms with van der Waals surface area (Å²) < 4.78 is 38.7. The van der Waals surface area contributed by atoms with Crippen molar-refractivity contribution in [3.63, 3.8) is 0 Å². The Hall–Kier alpha value is -3.89. The number of carbonyl (C=O) groups is 2. The van der Waals surface area contributed by atoms with Crippen LogP contribution in [0.25, 0.3) is 0 Å². The summed E-state index contributed by atoms with van der Waals surface area (Å²) in [6, 6.07) is 25.7. The van der Waals surface area contributed by atoms with Gasteiger partial charge in [0.05, 0.1) is 11.3 Å². The lowest BCUT2D eigenvalue weighted by atomic mass is 10.0. The molecule has 240 valence electrons. The van der Waals surface area contributed by atoms with Gasteiger partial charge in [-0.2, -0.15) is 0 Å². The van der Waals surface area contributed by atoms with Crippen molar-refractivity contribution in [3.05, 3.63) is 96.1 Å². The maximum absolute atomic E-state index is 13.4. The van der Waals surface area contributed by atoms with Gasteiger partial charge in [0.25, 0.3) is 10.0 Å². The molecule has 0 unspecified atom stereocenters. The normalized spacial score (nSPS) is 19.0. The molecular formula is C35H43N3O6S. The van der Waals surface area contributed by atoms with E-state index in [9.17, 15) is 18.0 Å². The van der Waals surface area contributed by atoms with Crippen LogP contribution >= 0.6 is 0 Å². The summed E-state index contributed by atoms with van der Waals surface area (Å²) in [6.07, 6.45) is 2.45. The number of carbonyl (C=O) groups excluding carboxylic acids is 2. The van der Waals surface area contributed by atoms with E-state index in [0.29, 0.717) is 23.8 Å². The molecule has 2 amide bonds. The zero-order chi connectivity index (χ0) is 32.0. The fraction of sp³-hybridized carbons (Fsp3) is 0.429. The van der Waals surface area contributed by atoms with E-state index in [4.69, 9.17) is 9.47 Å². The summed E-state index contributed by atoms with van der Waals surface area (Å²) in [6.45, 7) is 8.75. The summed E-state index contributed by atoms with van der Waals surface area (Å²) in [4.78, 5) is 30.1. The summed E-state index contributed by atoms with van der Waals surface area (Å²) in [5.41, 5.74) is 1.42. The molecule has 1 saturated carbocycles. The first kappa shape index (κ1) is 32.5. The zero-order valence-corrected chi connectivity index (χ0v) is 27.0. The number of nitrogens with zero attached hydrogens (tertiary/aromatic N) is 2. The molecule has 5 rings (SSSR count). The van der Waals surface area contributed by atoms with Gasteiger partial charge in [0.2, 0.25) is 5.91 Å². The molecule has 0 aromatic heterocycles. The zero-order valence-electron chi connectivity index (χ0n) is 26.2. The minimum absolute atomic E-state index is 0.0475. The third-order valence-corrected chi connectivity index (χ3v) is 9.55. The lowest BCUT2D eigenvalue weighted by Gasteiger charge is -2.39. The number of benzene rings is 3. The molecule has 1 aliphatic heterocycles. The van der Waals surface area contributed by atoms with E-state index in [1.807, 2.05) is 31.7 Å². The second kappa shape index (κ2) is 14.0. The Labute approximate surface area is 266 Å². The van der Waals surface area contributed by atoms with E-state index in [1.54, 1.807) is 42.5 Å². The Kier molecular flexibility index (Phi) is 10.1. The summed E-state index contributed by atoms with van der Waals surface area (Å²) in [5.74, 6) is 0.439. The number of hydrogen-bond donors (Lipinski definition) is 1. The van der Waals surface area contributed by atoms with Gasteiger partial charge in [0, 0.05) is 37.6 Å². The molecule has 0 radical (unpaired) electrons. The molecule has 3 aromatic rings. The van der Waals surface area contributed by atoms with Gasteiger partial charge in [-0.3, -0.25) is 9.69 Å². The Bertz CT molecular complexity index is 1530. The number of amides is 2. The Morgan fingerprint density at radius 3 is 2.16 bits per heavy atom. The van der Waals surface area contributed by atoms with E-state index in [2.05, 4.69) is 33.9 Å². The minimum Gasteiger partial charge on any atom is -0.492 e. The third kappa shape index (κ3) is 9.08. The van der Waals surface area contributed by atoms with Crippen molar-refractivity contribution in [1.29, 1.82) is 0 Å². The first-order valence-corrected chi connectivity index (χ1v) is 17.1. The van der Waals surface area contributed by atoms with E-state index < -0.39 is 21.5 Å². The number of likely N-dealkylation sites (tertiary alicyclic amines) is 1. The first-order valence-electron chi connectivity index (χ1n) is 15.6. The molecule has 10 heteroatoms. The number of nitrogens with one attached hydrogen (secondary N) is 1. The van der Waals surface area contributed by atoms with Crippen LogP contribution in [0.15, 0.2) is 89.8 Å². The SMILES string of the molecule is CC(C)(C)OC(=O)N(C1CCN(CCOc2ccc(CC(=O)NS(=O)(=O)c3ccccc3)cc2)CC1)[C@@H]1C[C@H]1c1ccccc1. The molecule has 0 spiro atoms. The topological polar surface area (TPSA) is 105 Å². The second-order valence-corrected chi connectivity index (χ2v) is 14.5.